The van der Waals surface area contributed by atoms with Crippen molar-refractivity contribution in [2.24, 2.45) is 0 Å². The number of imide groups is 1. The number of nitrogens with zero attached hydrogens (tertiary/aromatic N) is 1. The number of Topliss-reactive ketones (excluding diaryl/α,β-unsaturated/α-hetero) is 1. The van der Waals surface area contributed by atoms with Gasteiger partial charge in [-0.25, -0.2) is 4.79 Å². The van der Waals surface area contributed by atoms with Crippen LogP contribution in [0.5, 0.6) is 5.75 Å². The highest BCUT2D eigenvalue weighted by atomic mass is 16.5. The quantitative estimate of drug-likeness (QED) is 0.441. The Morgan fingerprint density at radius 2 is 1.63 bits per heavy atom. The van der Waals surface area contributed by atoms with E-state index in [4.69, 9.17) is 9.47 Å². The molecule has 0 N–H and O–H groups in total. The van der Waals surface area contributed by atoms with Gasteiger partial charge in [-0.15, -0.1) is 0 Å². The van der Waals surface area contributed by atoms with Crippen molar-refractivity contribution in [3.63, 3.8) is 0 Å². The molecule has 0 fully saturated rings. The summed E-state index contributed by atoms with van der Waals surface area (Å²) in [4.78, 5) is 50.1. The number of ketones is 1. The van der Waals surface area contributed by atoms with E-state index in [0.29, 0.717) is 11.3 Å². The van der Waals surface area contributed by atoms with Crippen LogP contribution in [-0.4, -0.2) is 48.2 Å². The molecule has 2 aromatic rings. The lowest BCUT2D eigenvalue weighted by Gasteiger charge is -2.20. The van der Waals surface area contributed by atoms with Crippen LogP contribution in [0.2, 0.25) is 0 Å². The summed E-state index contributed by atoms with van der Waals surface area (Å²) in [6, 6.07) is 11.6. The molecular formula is C20H17NO6. The molecule has 0 aliphatic carbocycles. The molecule has 2 amide bonds. The van der Waals surface area contributed by atoms with Crippen LogP contribution in [0.1, 0.15) is 38.0 Å². The molecule has 1 heterocycles. The SMILES string of the molecule is COc1cccc(C(=O)COC(=O)[C@H](C)N2C(=O)c3ccccc3C2=O)c1. The van der Waals surface area contributed by atoms with Crippen LogP contribution in [0.3, 0.4) is 0 Å². The normalized spacial score (nSPS) is 13.9. The first-order chi connectivity index (χ1) is 12.9. The highest BCUT2D eigenvalue weighted by molar-refractivity contribution is 6.22. The molecule has 1 aliphatic rings. The molecule has 0 saturated heterocycles. The number of amides is 2. The first-order valence-corrected chi connectivity index (χ1v) is 8.25. The molecule has 1 aliphatic heterocycles. The van der Waals surface area contributed by atoms with E-state index in [1.165, 1.54) is 32.2 Å². The Labute approximate surface area is 155 Å². The van der Waals surface area contributed by atoms with Gasteiger partial charge in [0.05, 0.1) is 18.2 Å². The summed E-state index contributed by atoms with van der Waals surface area (Å²) in [5.74, 6) is -1.86. The monoisotopic (exact) mass is 367 g/mol. The number of rotatable bonds is 6. The van der Waals surface area contributed by atoms with Crippen molar-refractivity contribution in [2.45, 2.75) is 13.0 Å². The predicted octanol–water partition coefficient (Wildman–Crippen LogP) is 2.11. The van der Waals surface area contributed by atoms with Crippen LogP contribution in [0.25, 0.3) is 0 Å². The smallest absolute Gasteiger partial charge is 0.329 e. The van der Waals surface area contributed by atoms with Crippen molar-refractivity contribution < 1.29 is 28.7 Å². The summed E-state index contributed by atoms with van der Waals surface area (Å²) in [6.07, 6.45) is 0. The zero-order valence-corrected chi connectivity index (χ0v) is 14.8. The van der Waals surface area contributed by atoms with Gasteiger partial charge >= 0.3 is 5.97 Å². The van der Waals surface area contributed by atoms with E-state index in [2.05, 4.69) is 0 Å². The zero-order valence-electron chi connectivity index (χ0n) is 14.8. The minimum Gasteiger partial charge on any atom is -0.497 e. The lowest BCUT2D eigenvalue weighted by molar-refractivity contribution is -0.146. The average molecular weight is 367 g/mol. The van der Waals surface area contributed by atoms with Crippen molar-refractivity contribution in [3.8, 4) is 5.75 Å². The van der Waals surface area contributed by atoms with E-state index in [1.807, 2.05) is 0 Å². The van der Waals surface area contributed by atoms with Crippen LogP contribution < -0.4 is 4.74 Å². The van der Waals surface area contributed by atoms with Gasteiger partial charge in [0.1, 0.15) is 11.8 Å². The fourth-order valence-electron chi connectivity index (χ4n) is 2.80. The Balaban J connectivity index is 1.65. The Morgan fingerprint density at radius 1 is 1.00 bits per heavy atom. The Bertz CT molecular complexity index is 901. The van der Waals surface area contributed by atoms with Gasteiger partial charge in [0.25, 0.3) is 11.8 Å². The van der Waals surface area contributed by atoms with Crippen molar-refractivity contribution >= 4 is 23.6 Å². The van der Waals surface area contributed by atoms with Gasteiger partial charge < -0.3 is 9.47 Å². The standard InChI is InChI=1S/C20H17NO6/c1-12(21-18(23)15-8-3-4-9-16(15)19(21)24)20(25)27-11-17(22)13-6-5-7-14(10-13)26-2/h3-10,12H,11H2,1-2H3/t12-/m0/s1. The van der Waals surface area contributed by atoms with Gasteiger partial charge in [-0.05, 0) is 31.2 Å². The summed E-state index contributed by atoms with van der Waals surface area (Å²) in [6.45, 7) is 0.888. The lowest BCUT2D eigenvalue weighted by Crippen LogP contribution is -2.44. The summed E-state index contributed by atoms with van der Waals surface area (Å²) in [5, 5.41) is 0. The Kier molecular flexibility index (Phi) is 5.03. The van der Waals surface area contributed by atoms with Crippen LogP contribution in [0.15, 0.2) is 48.5 Å². The molecule has 2 aromatic carbocycles. The molecule has 0 aromatic heterocycles. The van der Waals surface area contributed by atoms with Gasteiger partial charge in [-0.1, -0.05) is 24.3 Å². The topological polar surface area (TPSA) is 90.0 Å². The predicted molar refractivity (Wildman–Crippen MR) is 94.7 cm³/mol. The molecular weight excluding hydrogens is 350 g/mol. The van der Waals surface area contributed by atoms with E-state index in [9.17, 15) is 19.2 Å². The van der Waals surface area contributed by atoms with Gasteiger partial charge in [-0.2, -0.15) is 0 Å². The van der Waals surface area contributed by atoms with Crippen molar-refractivity contribution in [3.05, 3.63) is 65.2 Å². The average Bonchev–Trinajstić information content (AvgIpc) is 2.96. The van der Waals surface area contributed by atoms with E-state index in [-0.39, 0.29) is 11.1 Å². The molecule has 0 radical (unpaired) electrons. The van der Waals surface area contributed by atoms with E-state index in [0.717, 1.165) is 4.90 Å². The minimum atomic E-state index is -1.14. The second-order valence-electron chi connectivity index (χ2n) is 5.96. The lowest BCUT2D eigenvalue weighted by atomic mass is 10.1. The second-order valence-corrected chi connectivity index (χ2v) is 5.96. The molecule has 0 unspecified atom stereocenters. The molecule has 7 heteroatoms. The first-order valence-electron chi connectivity index (χ1n) is 8.25. The summed E-state index contributed by atoms with van der Waals surface area (Å²) < 4.78 is 10.1. The second kappa shape index (κ2) is 7.41. The van der Waals surface area contributed by atoms with Crippen LogP contribution >= 0.6 is 0 Å². The Hall–Kier alpha value is -3.48. The number of esters is 1. The van der Waals surface area contributed by atoms with Crippen molar-refractivity contribution in [1.82, 2.24) is 4.90 Å². The summed E-state index contributed by atoms with van der Waals surface area (Å²) in [7, 11) is 1.48. The van der Waals surface area contributed by atoms with Gasteiger partial charge in [0, 0.05) is 5.56 Å². The number of hydrogen-bond donors (Lipinski definition) is 0. The number of benzene rings is 2. The third-order valence-electron chi connectivity index (χ3n) is 4.29. The number of ether oxygens (including phenoxy) is 2. The number of carbonyl (C=O) groups is 4. The maximum atomic E-state index is 12.4. The zero-order chi connectivity index (χ0) is 19.6. The molecule has 138 valence electrons. The first kappa shape index (κ1) is 18.3. The van der Waals surface area contributed by atoms with E-state index < -0.39 is 36.2 Å². The fraction of sp³-hybridized carbons (Fsp3) is 0.200. The largest absolute Gasteiger partial charge is 0.497 e. The van der Waals surface area contributed by atoms with Crippen LogP contribution in [-0.2, 0) is 9.53 Å². The fourth-order valence-corrected chi connectivity index (χ4v) is 2.80. The molecule has 0 saturated carbocycles. The summed E-state index contributed by atoms with van der Waals surface area (Å²) in [5.41, 5.74) is 0.819. The molecule has 0 bridgehead atoms. The Morgan fingerprint density at radius 3 is 2.22 bits per heavy atom. The minimum absolute atomic E-state index is 0.245. The number of methoxy groups -OCH3 is 1. The van der Waals surface area contributed by atoms with Crippen LogP contribution in [0, 0.1) is 0 Å². The van der Waals surface area contributed by atoms with Crippen molar-refractivity contribution in [2.75, 3.05) is 13.7 Å². The highest BCUT2D eigenvalue weighted by Crippen LogP contribution is 2.24. The third-order valence-corrected chi connectivity index (χ3v) is 4.29. The number of hydrogen-bond acceptors (Lipinski definition) is 6. The van der Waals surface area contributed by atoms with Crippen LogP contribution in [0.4, 0.5) is 0 Å². The molecule has 3 rings (SSSR count). The summed E-state index contributed by atoms with van der Waals surface area (Å²) >= 11 is 0. The third kappa shape index (κ3) is 3.44. The molecule has 1 atom stereocenters. The molecule has 27 heavy (non-hydrogen) atoms. The van der Waals surface area contributed by atoms with Crippen molar-refractivity contribution in [1.29, 1.82) is 0 Å². The van der Waals surface area contributed by atoms with E-state index >= 15 is 0 Å². The van der Waals surface area contributed by atoms with E-state index in [1.54, 1.807) is 30.3 Å². The van der Waals surface area contributed by atoms with Gasteiger partial charge in [0.15, 0.2) is 12.4 Å². The highest BCUT2D eigenvalue weighted by Gasteiger charge is 2.41. The molecule has 7 nitrogen and oxygen atoms in total. The van der Waals surface area contributed by atoms with Gasteiger partial charge in [0.2, 0.25) is 0 Å². The maximum Gasteiger partial charge on any atom is 0.329 e. The maximum absolute atomic E-state index is 12.4. The molecule has 0 spiro atoms. The van der Waals surface area contributed by atoms with Gasteiger partial charge in [-0.3, -0.25) is 19.3 Å². The number of carbonyl (C=O) groups excluding carboxylic acids is 4. The number of fused-ring (bicyclic) bond motifs is 1.